The summed E-state index contributed by atoms with van der Waals surface area (Å²) in [5.41, 5.74) is 6.91. The summed E-state index contributed by atoms with van der Waals surface area (Å²) in [6.45, 7) is 0. The monoisotopic (exact) mass is 222 g/mol. The van der Waals surface area contributed by atoms with Crippen molar-refractivity contribution in [3.63, 3.8) is 0 Å². The Labute approximate surface area is 91.6 Å². The second kappa shape index (κ2) is 3.80. The number of hydrogen-bond donors (Lipinski definition) is 1. The van der Waals surface area contributed by atoms with Crippen LogP contribution < -0.4 is 10.5 Å². The molecule has 5 nitrogen and oxygen atoms in total. The van der Waals surface area contributed by atoms with Gasteiger partial charge >= 0.3 is 0 Å². The van der Waals surface area contributed by atoms with Crippen LogP contribution in [0.1, 0.15) is 0 Å². The third-order valence-corrected chi connectivity index (χ3v) is 2.16. The summed E-state index contributed by atoms with van der Waals surface area (Å²) in [5.74, 6) is -0.0270. The van der Waals surface area contributed by atoms with Crippen molar-refractivity contribution in [1.29, 1.82) is 0 Å². The molecule has 1 aromatic carbocycles. The topological polar surface area (TPSA) is 66.0 Å². The molecule has 0 spiro atoms. The van der Waals surface area contributed by atoms with Crippen molar-refractivity contribution in [3.05, 3.63) is 24.1 Å². The molecular weight excluding hydrogens is 211 g/mol. The van der Waals surface area contributed by atoms with E-state index < -0.39 is 5.82 Å². The van der Waals surface area contributed by atoms with Gasteiger partial charge in [0.1, 0.15) is 11.5 Å². The quantitative estimate of drug-likeness (QED) is 0.775. The molecule has 1 heterocycles. The van der Waals surface area contributed by atoms with Gasteiger partial charge < -0.3 is 10.5 Å². The minimum atomic E-state index is -0.432. The van der Waals surface area contributed by atoms with E-state index in [1.165, 1.54) is 30.2 Å². The Morgan fingerprint density at radius 2 is 2.19 bits per heavy atom. The Hall–Kier alpha value is -2.11. The van der Waals surface area contributed by atoms with Crippen LogP contribution in [0.4, 0.5) is 10.1 Å². The molecule has 84 valence electrons. The minimum absolute atomic E-state index is 0.239. The predicted molar refractivity (Wildman–Crippen MR) is 57.4 cm³/mol. The summed E-state index contributed by atoms with van der Waals surface area (Å²) in [6, 6.07) is 2.53. The maximum absolute atomic E-state index is 13.2. The molecule has 0 radical (unpaired) electrons. The lowest BCUT2D eigenvalue weighted by Crippen LogP contribution is -1.97. The average Bonchev–Trinajstić information content (AvgIpc) is 2.63. The van der Waals surface area contributed by atoms with E-state index in [0.29, 0.717) is 17.0 Å². The van der Waals surface area contributed by atoms with E-state index in [2.05, 4.69) is 10.2 Å². The van der Waals surface area contributed by atoms with Crippen molar-refractivity contribution >= 4 is 5.69 Å². The fraction of sp³-hybridized carbons (Fsp3) is 0.200. The zero-order chi connectivity index (χ0) is 11.7. The summed E-state index contributed by atoms with van der Waals surface area (Å²) in [5, 5.41) is 7.99. The first kappa shape index (κ1) is 10.4. The van der Waals surface area contributed by atoms with Gasteiger partial charge in [0, 0.05) is 13.1 Å². The molecule has 2 rings (SSSR count). The van der Waals surface area contributed by atoms with Crippen LogP contribution in [-0.4, -0.2) is 22.1 Å². The third-order valence-electron chi connectivity index (χ3n) is 2.16. The molecule has 0 aliphatic heterocycles. The maximum Gasteiger partial charge on any atom is 0.151 e. The maximum atomic E-state index is 13.2. The van der Waals surface area contributed by atoms with Gasteiger partial charge in [-0.05, 0) is 6.07 Å². The minimum Gasteiger partial charge on any atom is -0.494 e. The van der Waals surface area contributed by atoms with Crippen LogP contribution >= 0.6 is 0 Å². The van der Waals surface area contributed by atoms with Crippen molar-refractivity contribution in [3.8, 4) is 17.0 Å². The van der Waals surface area contributed by atoms with Crippen LogP contribution in [0.15, 0.2) is 18.3 Å². The lowest BCUT2D eigenvalue weighted by molar-refractivity contribution is 0.417. The van der Waals surface area contributed by atoms with Crippen LogP contribution in [0, 0.1) is 5.82 Å². The summed E-state index contributed by atoms with van der Waals surface area (Å²) in [7, 11) is 3.15. The summed E-state index contributed by atoms with van der Waals surface area (Å²) in [4.78, 5) is 1.38. The molecule has 0 saturated carbocycles. The second-order valence-electron chi connectivity index (χ2n) is 3.30. The normalized spacial score (nSPS) is 10.4. The van der Waals surface area contributed by atoms with Crippen LogP contribution in [0.2, 0.25) is 0 Å². The first-order valence-electron chi connectivity index (χ1n) is 4.61. The SMILES string of the molecule is COc1c(N)cc(F)cc1-c1cnn(C)n1. The molecule has 0 aliphatic rings. The van der Waals surface area contributed by atoms with Crippen molar-refractivity contribution in [2.24, 2.45) is 7.05 Å². The van der Waals surface area contributed by atoms with Gasteiger partial charge in [-0.15, -0.1) is 0 Å². The second-order valence-corrected chi connectivity index (χ2v) is 3.30. The van der Waals surface area contributed by atoms with E-state index in [1.807, 2.05) is 0 Å². The van der Waals surface area contributed by atoms with E-state index in [-0.39, 0.29) is 5.69 Å². The Kier molecular flexibility index (Phi) is 2.47. The predicted octanol–water partition coefficient (Wildman–Crippen LogP) is 1.21. The van der Waals surface area contributed by atoms with Gasteiger partial charge in [0.25, 0.3) is 0 Å². The van der Waals surface area contributed by atoms with Gasteiger partial charge in [-0.1, -0.05) is 0 Å². The van der Waals surface area contributed by atoms with E-state index in [9.17, 15) is 4.39 Å². The molecule has 0 saturated heterocycles. The standard InChI is InChI=1S/C10H11FN4O/c1-15-13-5-9(14-15)7-3-6(11)4-8(12)10(7)16-2/h3-5H,12H2,1-2H3. The number of aromatic nitrogens is 3. The van der Waals surface area contributed by atoms with Crippen molar-refractivity contribution < 1.29 is 9.13 Å². The number of methoxy groups -OCH3 is 1. The number of benzene rings is 1. The highest BCUT2D eigenvalue weighted by Gasteiger charge is 2.14. The number of nitrogen functional groups attached to an aromatic ring is 1. The molecule has 0 atom stereocenters. The van der Waals surface area contributed by atoms with Crippen LogP contribution in [0.25, 0.3) is 11.3 Å². The van der Waals surface area contributed by atoms with Gasteiger partial charge in [-0.2, -0.15) is 15.0 Å². The van der Waals surface area contributed by atoms with Gasteiger partial charge in [0.05, 0.1) is 24.6 Å². The lowest BCUT2D eigenvalue weighted by atomic mass is 10.1. The molecule has 0 amide bonds. The van der Waals surface area contributed by atoms with Crippen molar-refractivity contribution in [2.45, 2.75) is 0 Å². The number of aryl methyl sites for hydroxylation is 1. The van der Waals surface area contributed by atoms with Crippen LogP contribution in [-0.2, 0) is 7.05 Å². The molecule has 0 aliphatic carbocycles. The van der Waals surface area contributed by atoms with Crippen LogP contribution in [0.3, 0.4) is 0 Å². The molecule has 1 aromatic heterocycles. The molecule has 6 heteroatoms. The molecule has 2 aromatic rings. The van der Waals surface area contributed by atoms with Gasteiger partial charge in [-0.25, -0.2) is 4.39 Å². The number of anilines is 1. The fourth-order valence-corrected chi connectivity index (χ4v) is 1.50. The van der Waals surface area contributed by atoms with Crippen molar-refractivity contribution in [1.82, 2.24) is 15.0 Å². The smallest absolute Gasteiger partial charge is 0.151 e. The van der Waals surface area contributed by atoms with Crippen molar-refractivity contribution in [2.75, 3.05) is 12.8 Å². The zero-order valence-electron chi connectivity index (χ0n) is 8.94. The molecule has 0 bridgehead atoms. The summed E-state index contributed by atoms with van der Waals surface area (Å²) >= 11 is 0. The fourth-order valence-electron chi connectivity index (χ4n) is 1.50. The highest BCUT2D eigenvalue weighted by Crippen LogP contribution is 2.34. The number of nitrogens with two attached hydrogens (primary N) is 1. The highest BCUT2D eigenvalue weighted by molar-refractivity contribution is 5.74. The van der Waals surface area contributed by atoms with Gasteiger partial charge in [-0.3, -0.25) is 0 Å². The molecule has 0 unspecified atom stereocenters. The Morgan fingerprint density at radius 3 is 2.75 bits per heavy atom. The summed E-state index contributed by atoms with van der Waals surface area (Å²) in [6.07, 6.45) is 1.52. The lowest BCUT2D eigenvalue weighted by Gasteiger charge is -2.09. The van der Waals surface area contributed by atoms with Gasteiger partial charge in [0.2, 0.25) is 0 Å². The number of hydrogen-bond acceptors (Lipinski definition) is 4. The van der Waals surface area contributed by atoms with Gasteiger partial charge in [0.15, 0.2) is 5.75 Å². The number of halogens is 1. The zero-order valence-corrected chi connectivity index (χ0v) is 8.94. The largest absolute Gasteiger partial charge is 0.494 e. The average molecular weight is 222 g/mol. The molecule has 16 heavy (non-hydrogen) atoms. The van der Waals surface area contributed by atoms with Crippen LogP contribution in [0.5, 0.6) is 5.75 Å². The number of nitrogens with zero attached hydrogens (tertiary/aromatic N) is 3. The van der Waals surface area contributed by atoms with E-state index in [1.54, 1.807) is 7.05 Å². The Balaban J connectivity index is 2.63. The van der Waals surface area contributed by atoms with E-state index in [4.69, 9.17) is 10.5 Å². The molecular formula is C10H11FN4O. The number of rotatable bonds is 2. The summed E-state index contributed by atoms with van der Waals surface area (Å²) < 4.78 is 18.4. The highest BCUT2D eigenvalue weighted by atomic mass is 19.1. The first-order chi connectivity index (χ1) is 7.61. The molecule has 0 fully saturated rings. The number of ether oxygens (including phenoxy) is 1. The van der Waals surface area contributed by atoms with E-state index >= 15 is 0 Å². The first-order valence-corrected chi connectivity index (χ1v) is 4.61. The van der Waals surface area contributed by atoms with E-state index in [0.717, 1.165) is 0 Å². The third kappa shape index (κ3) is 1.69. The molecule has 2 N–H and O–H groups in total. The Bertz CT molecular complexity index is 524. The Morgan fingerprint density at radius 1 is 1.44 bits per heavy atom.